The summed E-state index contributed by atoms with van der Waals surface area (Å²) >= 11 is 1.84. The van der Waals surface area contributed by atoms with E-state index in [4.69, 9.17) is 0 Å². The van der Waals surface area contributed by atoms with Crippen LogP contribution < -0.4 is 0 Å². The molecule has 4 heteroatoms. The monoisotopic (exact) mass is 251 g/mol. The molecule has 0 aliphatic rings. The number of hydrogen-bond acceptors (Lipinski definition) is 2. The summed E-state index contributed by atoms with van der Waals surface area (Å²) in [5.74, 6) is -0.617. The number of hydrogen-bond donors (Lipinski definition) is 0. The average molecular weight is 251 g/mol. The molecule has 1 heterocycles. The first-order chi connectivity index (χ1) is 4.72. The fraction of sp³-hybridized carbons (Fsp3) is 0. The van der Waals surface area contributed by atoms with E-state index >= 15 is 0 Å². The molecule has 0 unspecified atom stereocenters. The number of aldehydes is 1. The van der Waals surface area contributed by atoms with Crippen LogP contribution >= 0.6 is 22.6 Å². The quantitative estimate of drug-likeness (QED) is 0.431. The summed E-state index contributed by atoms with van der Waals surface area (Å²) in [6.07, 6.45) is 0.590. The Balaban J connectivity index is 3.18. The third-order valence-electron chi connectivity index (χ3n) is 0.921. The van der Waals surface area contributed by atoms with E-state index in [1.165, 1.54) is 6.07 Å². The molecule has 1 rings (SSSR count). The van der Waals surface area contributed by atoms with Gasteiger partial charge in [0.05, 0.1) is 0 Å². The van der Waals surface area contributed by atoms with Crippen molar-refractivity contribution in [1.82, 2.24) is 4.98 Å². The Labute approximate surface area is 70.6 Å². The predicted molar refractivity (Wildman–Crippen MR) is 42.3 cm³/mol. The molecule has 0 bridgehead atoms. The maximum Gasteiger partial charge on any atom is 0.214 e. The van der Waals surface area contributed by atoms with Crippen molar-refractivity contribution in [2.45, 2.75) is 0 Å². The van der Waals surface area contributed by atoms with Crippen LogP contribution in [0, 0.1) is 9.65 Å². The van der Waals surface area contributed by atoms with Gasteiger partial charge in [0.25, 0.3) is 0 Å². The molecule has 0 amide bonds. The normalized spacial score (nSPS) is 9.40. The Kier molecular flexibility index (Phi) is 2.31. The van der Waals surface area contributed by atoms with E-state index in [-0.39, 0.29) is 0 Å². The van der Waals surface area contributed by atoms with Crippen LogP contribution in [-0.4, -0.2) is 11.3 Å². The fourth-order valence-corrected chi connectivity index (χ4v) is 1.14. The lowest BCUT2D eigenvalue weighted by molar-refractivity contribution is 0.112. The molecular formula is C6H3FINO. The van der Waals surface area contributed by atoms with Crippen molar-refractivity contribution < 1.29 is 9.18 Å². The summed E-state index contributed by atoms with van der Waals surface area (Å²) in [6.45, 7) is 0. The van der Waals surface area contributed by atoms with Gasteiger partial charge in [0, 0.05) is 11.6 Å². The predicted octanol–water partition coefficient (Wildman–Crippen LogP) is 1.64. The Morgan fingerprint density at radius 1 is 1.60 bits per heavy atom. The summed E-state index contributed by atoms with van der Waals surface area (Å²) < 4.78 is 12.8. The topological polar surface area (TPSA) is 30.0 Å². The van der Waals surface area contributed by atoms with Crippen molar-refractivity contribution in [3.8, 4) is 0 Å². The Bertz CT molecular complexity index is 244. The van der Waals surface area contributed by atoms with Crippen molar-refractivity contribution in [2.75, 3.05) is 0 Å². The highest BCUT2D eigenvalue weighted by Crippen LogP contribution is 2.04. The minimum Gasteiger partial charge on any atom is -0.298 e. The molecule has 52 valence electrons. The van der Waals surface area contributed by atoms with E-state index < -0.39 is 5.95 Å². The number of rotatable bonds is 1. The zero-order valence-corrected chi connectivity index (χ0v) is 7.00. The van der Waals surface area contributed by atoms with Crippen LogP contribution in [0.4, 0.5) is 4.39 Å². The van der Waals surface area contributed by atoms with Gasteiger partial charge >= 0.3 is 0 Å². The average Bonchev–Trinajstić information content (AvgIpc) is 1.85. The molecule has 0 atom stereocenters. The number of carbonyl (C=O) groups is 1. The summed E-state index contributed by atoms with van der Waals surface area (Å²) in [6, 6.07) is 2.60. The number of nitrogens with zero attached hydrogens (tertiary/aromatic N) is 1. The van der Waals surface area contributed by atoms with Gasteiger partial charge < -0.3 is 0 Å². The van der Waals surface area contributed by atoms with Crippen molar-refractivity contribution in [3.63, 3.8) is 0 Å². The summed E-state index contributed by atoms with van der Waals surface area (Å²) in [7, 11) is 0. The number of carbonyl (C=O) groups excluding carboxylic acids is 1. The van der Waals surface area contributed by atoms with E-state index in [1.54, 1.807) is 0 Å². The lowest BCUT2D eigenvalue weighted by atomic mass is 10.3. The van der Waals surface area contributed by atoms with Gasteiger partial charge in [-0.05, 0) is 28.7 Å². The SMILES string of the molecule is O=Cc1cc(F)nc(I)c1. The molecule has 0 fully saturated rings. The first-order valence-corrected chi connectivity index (χ1v) is 3.58. The highest BCUT2D eigenvalue weighted by Gasteiger charge is 1.97. The first kappa shape index (κ1) is 7.59. The fourth-order valence-electron chi connectivity index (χ4n) is 0.551. The molecule has 0 spiro atoms. The molecule has 2 nitrogen and oxygen atoms in total. The molecule has 10 heavy (non-hydrogen) atoms. The molecular weight excluding hydrogens is 248 g/mol. The molecule has 0 aromatic carbocycles. The third-order valence-corrected chi connectivity index (χ3v) is 1.47. The maximum atomic E-state index is 12.3. The second-order valence-corrected chi connectivity index (χ2v) is 2.77. The van der Waals surface area contributed by atoms with E-state index in [2.05, 4.69) is 4.98 Å². The number of halogens is 2. The minimum atomic E-state index is -0.617. The number of pyridine rings is 1. The Morgan fingerprint density at radius 3 is 2.80 bits per heavy atom. The van der Waals surface area contributed by atoms with Crippen LogP contribution in [0.2, 0.25) is 0 Å². The van der Waals surface area contributed by atoms with Gasteiger partial charge in [0.2, 0.25) is 5.95 Å². The lowest BCUT2D eigenvalue weighted by Crippen LogP contribution is -1.89. The zero-order valence-electron chi connectivity index (χ0n) is 4.84. The van der Waals surface area contributed by atoms with Gasteiger partial charge in [-0.15, -0.1) is 0 Å². The van der Waals surface area contributed by atoms with Gasteiger partial charge in [-0.3, -0.25) is 4.79 Å². The van der Waals surface area contributed by atoms with Crippen LogP contribution in [0.1, 0.15) is 10.4 Å². The van der Waals surface area contributed by atoms with E-state index in [1.807, 2.05) is 22.6 Å². The molecule has 0 N–H and O–H groups in total. The first-order valence-electron chi connectivity index (χ1n) is 2.50. The maximum absolute atomic E-state index is 12.3. The largest absolute Gasteiger partial charge is 0.298 e. The van der Waals surface area contributed by atoms with Crippen LogP contribution in [0.25, 0.3) is 0 Å². The molecule has 1 aromatic rings. The van der Waals surface area contributed by atoms with Crippen LogP contribution in [0.3, 0.4) is 0 Å². The minimum absolute atomic E-state index is 0.317. The highest BCUT2D eigenvalue weighted by atomic mass is 127. The smallest absolute Gasteiger partial charge is 0.214 e. The molecule has 0 radical (unpaired) electrons. The lowest BCUT2D eigenvalue weighted by Gasteiger charge is -1.91. The molecule has 0 saturated heterocycles. The van der Waals surface area contributed by atoms with Crippen LogP contribution in [0.15, 0.2) is 12.1 Å². The van der Waals surface area contributed by atoms with Crippen molar-refractivity contribution in [1.29, 1.82) is 0 Å². The summed E-state index contributed by atoms with van der Waals surface area (Å²) in [4.78, 5) is 13.6. The number of aromatic nitrogens is 1. The van der Waals surface area contributed by atoms with Crippen molar-refractivity contribution in [2.24, 2.45) is 0 Å². The van der Waals surface area contributed by atoms with Crippen molar-refractivity contribution in [3.05, 3.63) is 27.3 Å². The molecule has 0 saturated carbocycles. The Hall–Kier alpha value is -0.520. The standard InChI is InChI=1S/C6H3FINO/c7-5-1-4(3-10)2-6(8)9-5/h1-3H. The van der Waals surface area contributed by atoms with Crippen molar-refractivity contribution >= 4 is 28.9 Å². The second-order valence-electron chi connectivity index (χ2n) is 1.66. The van der Waals surface area contributed by atoms with E-state index in [0.29, 0.717) is 15.6 Å². The van der Waals surface area contributed by atoms with Gasteiger partial charge in [-0.25, -0.2) is 4.98 Å². The van der Waals surface area contributed by atoms with Crippen LogP contribution in [0.5, 0.6) is 0 Å². The van der Waals surface area contributed by atoms with Gasteiger partial charge in [-0.1, -0.05) is 0 Å². The van der Waals surface area contributed by atoms with Gasteiger partial charge in [0.15, 0.2) is 0 Å². The third kappa shape index (κ3) is 1.73. The zero-order chi connectivity index (χ0) is 7.56. The summed E-state index contributed by atoms with van der Waals surface area (Å²) in [5, 5.41) is 0. The van der Waals surface area contributed by atoms with Gasteiger partial charge in [0.1, 0.15) is 9.99 Å². The molecule has 0 aliphatic heterocycles. The molecule has 0 aliphatic carbocycles. The molecule has 1 aromatic heterocycles. The second kappa shape index (κ2) is 3.05. The van der Waals surface area contributed by atoms with Gasteiger partial charge in [-0.2, -0.15) is 4.39 Å². The van der Waals surface area contributed by atoms with E-state index in [9.17, 15) is 9.18 Å². The highest BCUT2D eigenvalue weighted by molar-refractivity contribution is 14.1. The summed E-state index contributed by atoms with van der Waals surface area (Å²) in [5.41, 5.74) is 0.317. The Morgan fingerprint density at radius 2 is 2.30 bits per heavy atom. The van der Waals surface area contributed by atoms with Crippen LogP contribution in [-0.2, 0) is 0 Å². The van der Waals surface area contributed by atoms with E-state index in [0.717, 1.165) is 6.07 Å².